The van der Waals surface area contributed by atoms with E-state index in [1.807, 2.05) is 0 Å². The van der Waals surface area contributed by atoms with E-state index < -0.39 is 23.6 Å². The average Bonchev–Trinajstić information content (AvgIpc) is 2.11. The van der Waals surface area contributed by atoms with Crippen LogP contribution in [0.25, 0.3) is 0 Å². The predicted molar refractivity (Wildman–Crippen MR) is 44.9 cm³/mol. The van der Waals surface area contributed by atoms with Crippen molar-refractivity contribution < 1.29 is 19.1 Å². The van der Waals surface area contributed by atoms with Crippen LogP contribution in [0, 0.1) is 0 Å². The van der Waals surface area contributed by atoms with E-state index in [-0.39, 0.29) is 12.2 Å². The summed E-state index contributed by atoms with van der Waals surface area (Å²) >= 11 is 0. The van der Waals surface area contributed by atoms with Gasteiger partial charge in [-0.25, -0.2) is 4.79 Å². The molecule has 5 heteroatoms. The molecule has 0 aromatic heterocycles. The number of ether oxygens (including phenoxy) is 1. The van der Waals surface area contributed by atoms with Crippen LogP contribution in [0.2, 0.25) is 0 Å². The van der Waals surface area contributed by atoms with Crippen molar-refractivity contribution >= 4 is 17.5 Å². The first kappa shape index (κ1) is 8.83. The minimum Gasteiger partial charge on any atom is -0.425 e. The molecule has 0 saturated carbocycles. The van der Waals surface area contributed by atoms with Crippen LogP contribution in [0.4, 0.5) is 0 Å². The van der Waals surface area contributed by atoms with Gasteiger partial charge < -0.3 is 10.5 Å². The largest absolute Gasteiger partial charge is 0.425 e. The molecule has 2 rings (SSSR count). The fraction of sp³-hybridized carbons (Fsp3) is 0.222. The normalized spacial score (nSPS) is 26.4. The van der Waals surface area contributed by atoms with E-state index >= 15 is 0 Å². The van der Waals surface area contributed by atoms with Gasteiger partial charge in [-0.3, -0.25) is 9.59 Å². The van der Waals surface area contributed by atoms with E-state index in [9.17, 15) is 14.4 Å². The number of hydrogen-bond acceptors (Lipinski definition) is 5. The summed E-state index contributed by atoms with van der Waals surface area (Å²) < 4.78 is 4.78. The Morgan fingerprint density at radius 3 is 2.57 bits per heavy atom. The van der Waals surface area contributed by atoms with E-state index in [4.69, 9.17) is 10.5 Å². The van der Waals surface area contributed by atoms with Crippen molar-refractivity contribution in [2.75, 3.05) is 0 Å². The number of rotatable bonds is 0. The van der Waals surface area contributed by atoms with Gasteiger partial charge in [0.2, 0.25) is 11.6 Å². The second-order valence-electron chi connectivity index (χ2n) is 3.14. The molecule has 0 spiro atoms. The van der Waals surface area contributed by atoms with E-state index in [1.54, 1.807) is 0 Å². The zero-order valence-corrected chi connectivity index (χ0v) is 7.15. The number of carbonyl (C=O) groups excluding carboxylic acids is 3. The van der Waals surface area contributed by atoms with Crippen molar-refractivity contribution in [1.29, 1.82) is 0 Å². The molecule has 0 bridgehead atoms. The third-order valence-corrected chi connectivity index (χ3v) is 2.08. The Bertz CT molecular complexity index is 405. The molecule has 72 valence electrons. The second-order valence-corrected chi connectivity index (χ2v) is 3.14. The third-order valence-electron chi connectivity index (χ3n) is 2.08. The van der Waals surface area contributed by atoms with Gasteiger partial charge in [0.05, 0.1) is 0 Å². The predicted octanol–water partition coefficient (Wildman–Crippen LogP) is -0.777. The number of fused-ring (bicyclic) bond motifs is 1. The Balaban J connectivity index is 2.36. The topological polar surface area (TPSA) is 86.5 Å². The lowest BCUT2D eigenvalue weighted by atomic mass is 9.95. The molecule has 0 radical (unpaired) electrons. The summed E-state index contributed by atoms with van der Waals surface area (Å²) in [5.41, 5.74) is 5.94. The lowest BCUT2D eigenvalue weighted by Crippen LogP contribution is -2.38. The van der Waals surface area contributed by atoms with Gasteiger partial charge in [0.15, 0.2) is 0 Å². The highest BCUT2D eigenvalue weighted by Gasteiger charge is 2.31. The van der Waals surface area contributed by atoms with Crippen LogP contribution in [0.5, 0.6) is 0 Å². The molecule has 14 heavy (non-hydrogen) atoms. The number of carbonyl (C=O) groups is 3. The first-order valence-electron chi connectivity index (χ1n) is 4.06. The molecule has 2 N–H and O–H groups in total. The highest BCUT2D eigenvalue weighted by atomic mass is 16.5. The van der Waals surface area contributed by atoms with Gasteiger partial charge in [-0.05, 0) is 6.08 Å². The monoisotopic (exact) mass is 193 g/mol. The molecular formula is C9H7NO4. The number of ketones is 2. The van der Waals surface area contributed by atoms with Crippen molar-refractivity contribution in [3.63, 3.8) is 0 Å². The quantitative estimate of drug-likeness (QED) is 0.310. The molecule has 1 heterocycles. The maximum Gasteiger partial charge on any atom is 0.328 e. The van der Waals surface area contributed by atoms with Crippen LogP contribution in [-0.2, 0) is 19.1 Å². The van der Waals surface area contributed by atoms with Gasteiger partial charge in [0.25, 0.3) is 0 Å². The van der Waals surface area contributed by atoms with E-state index in [0.29, 0.717) is 5.57 Å². The number of allylic oxidation sites excluding steroid dienone is 3. The molecule has 0 unspecified atom stereocenters. The van der Waals surface area contributed by atoms with Crippen LogP contribution in [-0.4, -0.2) is 23.6 Å². The molecule has 0 amide bonds. The van der Waals surface area contributed by atoms with Gasteiger partial charge in [0.1, 0.15) is 11.8 Å². The van der Waals surface area contributed by atoms with Gasteiger partial charge in [-0.2, -0.15) is 0 Å². The van der Waals surface area contributed by atoms with Gasteiger partial charge >= 0.3 is 5.97 Å². The maximum absolute atomic E-state index is 11.0. The first-order valence-corrected chi connectivity index (χ1v) is 4.06. The van der Waals surface area contributed by atoms with Crippen molar-refractivity contribution in [2.24, 2.45) is 5.73 Å². The number of hydrogen-bond donors (Lipinski definition) is 1. The zero-order valence-electron chi connectivity index (χ0n) is 7.15. The van der Waals surface area contributed by atoms with E-state index in [2.05, 4.69) is 0 Å². The first-order chi connectivity index (χ1) is 6.58. The molecule has 1 aliphatic carbocycles. The molecule has 1 aliphatic heterocycles. The molecule has 5 nitrogen and oxygen atoms in total. The Kier molecular flexibility index (Phi) is 1.82. The molecule has 0 aromatic carbocycles. The lowest BCUT2D eigenvalue weighted by molar-refractivity contribution is -0.142. The summed E-state index contributed by atoms with van der Waals surface area (Å²) in [6.45, 7) is 0. The summed E-state index contributed by atoms with van der Waals surface area (Å²) in [6.07, 6.45) is 2.44. The van der Waals surface area contributed by atoms with Crippen LogP contribution in [0.1, 0.15) is 6.42 Å². The van der Waals surface area contributed by atoms with Crippen LogP contribution < -0.4 is 5.73 Å². The molecule has 1 fully saturated rings. The summed E-state index contributed by atoms with van der Waals surface area (Å²) in [7, 11) is 0. The Morgan fingerprint density at radius 2 is 1.86 bits per heavy atom. The summed E-state index contributed by atoms with van der Waals surface area (Å²) in [5.74, 6) is -1.70. The van der Waals surface area contributed by atoms with Crippen molar-refractivity contribution in [3.05, 3.63) is 23.5 Å². The van der Waals surface area contributed by atoms with Crippen molar-refractivity contribution in [2.45, 2.75) is 12.5 Å². The minimum absolute atomic E-state index is 0.154. The van der Waals surface area contributed by atoms with Crippen molar-refractivity contribution in [3.8, 4) is 0 Å². The fourth-order valence-corrected chi connectivity index (χ4v) is 1.34. The van der Waals surface area contributed by atoms with Gasteiger partial charge in [-0.1, -0.05) is 0 Å². The van der Waals surface area contributed by atoms with Crippen LogP contribution in [0.15, 0.2) is 23.5 Å². The molecule has 2 aliphatic rings. The molecular weight excluding hydrogens is 186 g/mol. The zero-order chi connectivity index (χ0) is 10.3. The summed E-state index contributed by atoms with van der Waals surface area (Å²) in [5, 5.41) is 0. The van der Waals surface area contributed by atoms with Gasteiger partial charge in [-0.15, -0.1) is 0 Å². The smallest absolute Gasteiger partial charge is 0.328 e. The van der Waals surface area contributed by atoms with E-state index in [1.165, 1.54) is 6.08 Å². The summed E-state index contributed by atoms with van der Waals surface area (Å²) in [6, 6.07) is -0.751. The highest BCUT2D eigenvalue weighted by Crippen LogP contribution is 2.26. The van der Waals surface area contributed by atoms with Crippen molar-refractivity contribution in [1.82, 2.24) is 0 Å². The van der Waals surface area contributed by atoms with E-state index in [0.717, 1.165) is 6.08 Å². The fourth-order valence-electron chi connectivity index (χ4n) is 1.34. The Labute approximate surface area is 79.2 Å². The molecule has 1 atom stereocenters. The summed E-state index contributed by atoms with van der Waals surface area (Å²) in [4.78, 5) is 33.0. The highest BCUT2D eigenvalue weighted by molar-refractivity contribution is 6.46. The third kappa shape index (κ3) is 1.27. The maximum atomic E-state index is 11.0. The standard InChI is InChI=1S/C9H7NO4/c10-5-1-4-2-6(11)7(12)3-8(4)14-9(5)13/h2-3,5H,1,10H2/t5-/m0/s1. The Hall–Kier alpha value is -1.75. The second kappa shape index (κ2) is 2.88. The van der Waals surface area contributed by atoms with Crippen LogP contribution >= 0.6 is 0 Å². The average molecular weight is 193 g/mol. The lowest BCUT2D eigenvalue weighted by Gasteiger charge is -2.23. The minimum atomic E-state index is -0.751. The number of nitrogens with two attached hydrogens (primary N) is 1. The Morgan fingerprint density at radius 1 is 1.21 bits per heavy atom. The van der Waals surface area contributed by atoms with Crippen LogP contribution in [0.3, 0.4) is 0 Å². The molecule has 0 aromatic rings. The number of esters is 1. The van der Waals surface area contributed by atoms with Gasteiger partial charge in [0, 0.05) is 18.1 Å². The SMILES string of the molecule is N[C@H]1CC2=CC(=O)C(=O)C=C2OC1=O. The molecule has 1 saturated heterocycles.